The summed E-state index contributed by atoms with van der Waals surface area (Å²) in [5.74, 6) is 1.04. The standard InChI is InChI=1S/C20H23N3O3S/c1-14(2)16-8-10-18(11-9-16)27(24,25)23(4)13-19-21-20(22-26-19)17-7-5-6-15(3)12-17/h5-12,14H,13H2,1-4H3. The van der Waals surface area contributed by atoms with Crippen molar-refractivity contribution in [3.63, 3.8) is 0 Å². The maximum absolute atomic E-state index is 12.8. The van der Waals surface area contributed by atoms with Gasteiger partial charge >= 0.3 is 0 Å². The number of rotatable bonds is 6. The fraction of sp³-hybridized carbons (Fsp3) is 0.300. The summed E-state index contributed by atoms with van der Waals surface area (Å²) in [5, 5.41) is 3.96. The zero-order valence-electron chi connectivity index (χ0n) is 15.9. The minimum absolute atomic E-state index is 0.00702. The molecule has 27 heavy (non-hydrogen) atoms. The van der Waals surface area contributed by atoms with E-state index >= 15 is 0 Å². The van der Waals surface area contributed by atoms with E-state index in [4.69, 9.17) is 4.52 Å². The Morgan fingerprint density at radius 1 is 1.11 bits per heavy atom. The van der Waals surface area contributed by atoms with Gasteiger partial charge in [-0.25, -0.2) is 8.42 Å². The lowest BCUT2D eigenvalue weighted by molar-refractivity contribution is 0.337. The fourth-order valence-electron chi connectivity index (χ4n) is 2.70. The highest BCUT2D eigenvalue weighted by molar-refractivity contribution is 7.89. The summed E-state index contributed by atoms with van der Waals surface area (Å²) < 4.78 is 32.0. The number of nitrogens with zero attached hydrogens (tertiary/aromatic N) is 3. The number of hydrogen-bond acceptors (Lipinski definition) is 5. The average molecular weight is 385 g/mol. The van der Waals surface area contributed by atoms with Gasteiger partial charge in [-0.05, 0) is 36.6 Å². The van der Waals surface area contributed by atoms with Crippen LogP contribution in [0.3, 0.4) is 0 Å². The second-order valence-electron chi connectivity index (χ2n) is 6.87. The molecule has 0 bridgehead atoms. The third kappa shape index (κ3) is 4.26. The molecule has 3 rings (SSSR count). The molecule has 7 heteroatoms. The molecule has 0 atom stereocenters. The summed E-state index contributed by atoms with van der Waals surface area (Å²) in [6.45, 7) is 6.12. The Labute approximate surface area is 159 Å². The first-order valence-electron chi connectivity index (χ1n) is 8.73. The summed E-state index contributed by atoms with van der Waals surface area (Å²) in [4.78, 5) is 4.57. The van der Waals surface area contributed by atoms with Gasteiger partial charge in [0.1, 0.15) is 0 Å². The monoisotopic (exact) mass is 385 g/mol. The molecule has 1 heterocycles. The van der Waals surface area contributed by atoms with Gasteiger partial charge in [0, 0.05) is 12.6 Å². The number of sulfonamides is 1. The summed E-state index contributed by atoms with van der Waals surface area (Å²) in [6, 6.07) is 14.7. The third-order valence-corrected chi connectivity index (χ3v) is 6.17. The first-order valence-corrected chi connectivity index (χ1v) is 10.2. The molecule has 2 aromatic carbocycles. The molecule has 0 fully saturated rings. The molecule has 6 nitrogen and oxygen atoms in total. The molecule has 0 amide bonds. The van der Waals surface area contributed by atoms with Crippen LogP contribution in [0.4, 0.5) is 0 Å². The zero-order valence-corrected chi connectivity index (χ0v) is 16.7. The number of aromatic nitrogens is 2. The van der Waals surface area contributed by atoms with Gasteiger partial charge in [-0.15, -0.1) is 0 Å². The number of benzene rings is 2. The molecular formula is C20H23N3O3S. The van der Waals surface area contributed by atoms with E-state index in [9.17, 15) is 8.42 Å². The molecule has 0 spiro atoms. The van der Waals surface area contributed by atoms with Crippen molar-refractivity contribution in [1.29, 1.82) is 0 Å². The van der Waals surface area contributed by atoms with Crippen LogP contribution in [0.2, 0.25) is 0 Å². The lowest BCUT2D eigenvalue weighted by Crippen LogP contribution is -2.26. The van der Waals surface area contributed by atoms with Gasteiger partial charge in [0.2, 0.25) is 21.7 Å². The van der Waals surface area contributed by atoms with Gasteiger partial charge in [-0.2, -0.15) is 9.29 Å². The van der Waals surface area contributed by atoms with E-state index < -0.39 is 10.0 Å². The van der Waals surface area contributed by atoms with Gasteiger partial charge in [0.25, 0.3) is 0 Å². The fourth-order valence-corrected chi connectivity index (χ4v) is 3.82. The molecular weight excluding hydrogens is 362 g/mol. The van der Waals surface area contributed by atoms with Crippen molar-refractivity contribution < 1.29 is 12.9 Å². The van der Waals surface area contributed by atoms with Crippen LogP contribution < -0.4 is 0 Å². The Hall–Kier alpha value is -2.51. The molecule has 0 aliphatic carbocycles. The van der Waals surface area contributed by atoms with Crippen LogP contribution >= 0.6 is 0 Å². The highest BCUT2D eigenvalue weighted by atomic mass is 32.2. The molecule has 142 valence electrons. The van der Waals surface area contributed by atoms with Crippen LogP contribution in [0.15, 0.2) is 57.9 Å². The van der Waals surface area contributed by atoms with Gasteiger partial charge in [0.05, 0.1) is 11.4 Å². The normalized spacial score (nSPS) is 12.1. The largest absolute Gasteiger partial charge is 0.338 e. The minimum atomic E-state index is -3.64. The first kappa shape index (κ1) is 19.3. The quantitative estimate of drug-likeness (QED) is 0.641. The van der Waals surface area contributed by atoms with E-state index in [0.717, 1.165) is 16.7 Å². The minimum Gasteiger partial charge on any atom is -0.338 e. The topological polar surface area (TPSA) is 76.3 Å². The van der Waals surface area contributed by atoms with Crippen molar-refractivity contribution in [1.82, 2.24) is 14.4 Å². The predicted octanol–water partition coefficient (Wildman–Crippen LogP) is 3.99. The Bertz CT molecular complexity index is 1020. The van der Waals surface area contributed by atoms with Gasteiger partial charge in [-0.1, -0.05) is 54.9 Å². The van der Waals surface area contributed by atoms with E-state index in [1.807, 2.05) is 43.3 Å². The van der Waals surface area contributed by atoms with E-state index in [0.29, 0.717) is 11.7 Å². The predicted molar refractivity (Wildman–Crippen MR) is 104 cm³/mol. The Kier molecular flexibility index (Phi) is 5.43. The van der Waals surface area contributed by atoms with E-state index in [2.05, 4.69) is 24.0 Å². The molecule has 0 saturated carbocycles. The van der Waals surface area contributed by atoms with Crippen molar-refractivity contribution in [2.24, 2.45) is 0 Å². The van der Waals surface area contributed by atoms with E-state index in [-0.39, 0.29) is 17.3 Å². The number of hydrogen-bond donors (Lipinski definition) is 0. The summed E-state index contributed by atoms with van der Waals surface area (Å²) >= 11 is 0. The zero-order chi connectivity index (χ0) is 19.6. The van der Waals surface area contributed by atoms with Crippen LogP contribution in [-0.2, 0) is 16.6 Å². The van der Waals surface area contributed by atoms with Crippen LogP contribution in [0, 0.1) is 6.92 Å². The Morgan fingerprint density at radius 2 is 1.81 bits per heavy atom. The summed E-state index contributed by atoms with van der Waals surface area (Å²) in [6.07, 6.45) is 0. The lowest BCUT2D eigenvalue weighted by Gasteiger charge is -2.15. The highest BCUT2D eigenvalue weighted by Gasteiger charge is 2.23. The molecule has 0 radical (unpaired) electrons. The van der Waals surface area contributed by atoms with Gasteiger partial charge in [-0.3, -0.25) is 0 Å². The van der Waals surface area contributed by atoms with Crippen LogP contribution in [-0.4, -0.2) is 29.9 Å². The van der Waals surface area contributed by atoms with Crippen LogP contribution in [0.5, 0.6) is 0 Å². The molecule has 1 aromatic heterocycles. The first-order chi connectivity index (χ1) is 12.8. The second kappa shape index (κ2) is 7.62. The molecule has 0 saturated heterocycles. The Morgan fingerprint density at radius 3 is 2.44 bits per heavy atom. The van der Waals surface area contributed by atoms with Crippen LogP contribution in [0.1, 0.15) is 36.8 Å². The van der Waals surface area contributed by atoms with Crippen LogP contribution in [0.25, 0.3) is 11.4 Å². The SMILES string of the molecule is Cc1cccc(-c2noc(CN(C)S(=O)(=O)c3ccc(C(C)C)cc3)n2)c1. The lowest BCUT2D eigenvalue weighted by atomic mass is 10.0. The third-order valence-electron chi connectivity index (χ3n) is 4.36. The molecule has 0 aliphatic heterocycles. The Balaban J connectivity index is 1.77. The van der Waals surface area contributed by atoms with Gasteiger partial charge in [0.15, 0.2) is 0 Å². The summed E-state index contributed by atoms with van der Waals surface area (Å²) in [7, 11) is -2.13. The summed E-state index contributed by atoms with van der Waals surface area (Å²) in [5.41, 5.74) is 3.01. The van der Waals surface area contributed by atoms with Crippen molar-refractivity contribution in [2.45, 2.75) is 38.1 Å². The highest BCUT2D eigenvalue weighted by Crippen LogP contribution is 2.22. The smallest absolute Gasteiger partial charge is 0.243 e. The van der Waals surface area contributed by atoms with Crippen molar-refractivity contribution in [3.05, 3.63) is 65.5 Å². The van der Waals surface area contributed by atoms with Crippen molar-refractivity contribution >= 4 is 10.0 Å². The maximum Gasteiger partial charge on any atom is 0.243 e. The van der Waals surface area contributed by atoms with Crippen molar-refractivity contribution in [2.75, 3.05) is 7.05 Å². The molecule has 0 N–H and O–H groups in total. The number of aryl methyl sites for hydroxylation is 1. The average Bonchev–Trinajstić information content (AvgIpc) is 3.10. The maximum atomic E-state index is 12.8. The van der Waals surface area contributed by atoms with Crippen molar-refractivity contribution in [3.8, 4) is 11.4 Å². The second-order valence-corrected chi connectivity index (χ2v) is 8.91. The molecule has 3 aromatic rings. The molecule has 0 aliphatic rings. The van der Waals surface area contributed by atoms with E-state index in [1.54, 1.807) is 12.1 Å². The van der Waals surface area contributed by atoms with E-state index in [1.165, 1.54) is 11.4 Å². The van der Waals surface area contributed by atoms with Gasteiger partial charge < -0.3 is 4.52 Å². The molecule has 0 unspecified atom stereocenters.